The van der Waals surface area contributed by atoms with Gasteiger partial charge >= 0.3 is 6.18 Å². The fourth-order valence-corrected chi connectivity index (χ4v) is 2.63. The highest BCUT2D eigenvalue weighted by Gasteiger charge is 2.39. The Labute approximate surface area is 126 Å². The second kappa shape index (κ2) is 6.16. The Hall–Kier alpha value is -1.76. The van der Waals surface area contributed by atoms with Crippen LogP contribution in [0.5, 0.6) is 5.75 Å². The first-order chi connectivity index (χ1) is 10.3. The second-order valence-corrected chi connectivity index (χ2v) is 5.44. The lowest BCUT2D eigenvalue weighted by molar-refractivity contribution is -0.141. The van der Waals surface area contributed by atoms with Gasteiger partial charge in [0.25, 0.3) is 5.91 Å². The summed E-state index contributed by atoms with van der Waals surface area (Å²) in [6.07, 6.45) is -2.39. The molecule has 0 spiro atoms. The highest BCUT2D eigenvalue weighted by atomic mass is 19.4. The molecule has 0 aliphatic heterocycles. The minimum atomic E-state index is -4.54. The van der Waals surface area contributed by atoms with E-state index < -0.39 is 23.2 Å². The standard InChI is InChI=1S/C15H18F3NO3/c1-22-11-5-4-10(12(8-11)15(16,17)18)9-19-13(20)14(21)6-2-3-7-14/h4-5,8,21H,2-3,6-7,9H2,1H3,(H,19,20). The average molecular weight is 317 g/mol. The van der Waals surface area contributed by atoms with Gasteiger partial charge in [-0.3, -0.25) is 4.79 Å². The summed E-state index contributed by atoms with van der Waals surface area (Å²) in [5.74, 6) is -0.522. The number of hydrogen-bond donors (Lipinski definition) is 2. The van der Waals surface area contributed by atoms with Gasteiger partial charge in [0.15, 0.2) is 0 Å². The predicted molar refractivity (Wildman–Crippen MR) is 73.3 cm³/mol. The number of nitrogens with one attached hydrogen (secondary N) is 1. The molecule has 2 N–H and O–H groups in total. The number of hydrogen-bond acceptors (Lipinski definition) is 3. The fraction of sp³-hybridized carbons (Fsp3) is 0.533. The lowest BCUT2D eigenvalue weighted by atomic mass is 10.0. The average Bonchev–Trinajstić information content (AvgIpc) is 2.91. The van der Waals surface area contributed by atoms with Gasteiger partial charge in [-0.2, -0.15) is 13.2 Å². The maximum Gasteiger partial charge on any atom is 0.416 e. The quantitative estimate of drug-likeness (QED) is 0.897. The summed E-state index contributed by atoms with van der Waals surface area (Å²) in [6.45, 7) is -0.292. The van der Waals surface area contributed by atoms with Gasteiger partial charge in [0.2, 0.25) is 0 Å². The number of halogens is 3. The molecule has 1 aliphatic carbocycles. The number of alkyl halides is 3. The Morgan fingerprint density at radius 3 is 2.55 bits per heavy atom. The van der Waals surface area contributed by atoms with Gasteiger partial charge < -0.3 is 15.2 Å². The lowest BCUT2D eigenvalue weighted by Crippen LogP contribution is -2.44. The van der Waals surface area contributed by atoms with E-state index in [9.17, 15) is 23.1 Å². The van der Waals surface area contributed by atoms with Gasteiger partial charge in [0, 0.05) is 6.54 Å². The van der Waals surface area contributed by atoms with Crippen LogP contribution < -0.4 is 10.1 Å². The van der Waals surface area contributed by atoms with Crippen molar-refractivity contribution in [3.05, 3.63) is 29.3 Å². The summed E-state index contributed by atoms with van der Waals surface area (Å²) in [5, 5.41) is 12.5. The summed E-state index contributed by atoms with van der Waals surface area (Å²) < 4.78 is 43.9. The van der Waals surface area contributed by atoms with E-state index in [1.165, 1.54) is 19.2 Å². The van der Waals surface area contributed by atoms with E-state index in [4.69, 9.17) is 4.74 Å². The van der Waals surface area contributed by atoms with Crippen molar-refractivity contribution in [2.24, 2.45) is 0 Å². The van der Waals surface area contributed by atoms with Gasteiger partial charge in [-0.25, -0.2) is 0 Å². The van der Waals surface area contributed by atoms with Crippen molar-refractivity contribution in [1.82, 2.24) is 5.32 Å². The fourth-order valence-electron chi connectivity index (χ4n) is 2.63. The van der Waals surface area contributed by atoms with Crippen molar-refractivity contribution < 1.29 is 27.8 Å². The van der Waals surface area contributed by atoms with Crippen molar-refractivity contribution in [3.8, 4) is 5.75 Å². The summed E-state index contributed by atoms with van der Waals surface area (Å²) in [4.78, 5) is 12.0. The summed E-state index contributed by atoms with van der Waals surface area (Å²) in [7, 11) is 1.28. The number of amides is 1. The van der Waals surface area contributed by atoms with Crippen LogP contribution in [0.15, 0.2) is 18.2 Å². The van der Waals surface area contributed by atoms with Crippen molar-refractivity contribution in [3.63, 3.8) is 0 Å². The van der Waals surface area contributed by atoms with Crippen LogP contribution in [-0.4, -0.2) is 23.7 Å². The van der Waals surface area contributed by atoms with E-state index in [2.05, 4.69) is 5.32 Å². The minimum absolute atomic E-state index is 0.0664. The number of carbonyl (C=O) groups is 1. The number of ether oxygens (including phenoxy) is 1. The van der Waals surface area contributed by atoms with Gasteiger partial charge in [0.1, 0.15) is 11.4 Å². The Morgan fingerprint density at radius 1 is 1.36 bits per heavy atom. The molecule has 0 unspecified atom stereocenters. The van der Waals surface area contributed by atoms with Crippen LogP contribution in [0.25, 0.3) is 0 Å². The third-order valence-electron chi connectivity index (χ3n) is 3.92. The van der Waals surface area contributed by atoms with Crippen LogP contribution in [0.2, 0.25) is 0 Å². The zero-order valence-corrected chi connectivity index (χ0v) is 12.2. The zero-order chi connectivity index (χ0) is 16.4. The van der Waals surface area contributed by atoms with Crippen molar-refractivity contribution in [1.29, 1.82) is 0 Å². The van der Waals surface area contributed by atoms with Crippen molar-refractivity contribution in [2.75, 3.05) is 7.11 Å². The van der Waals surface area contributed by atoms with Crippen LogP contribution in [0.4, 0.5) is 13.2 Å². The molecule has 0 bridgehead atoms. The third-order valence-corrected chi connectivity index (χ3v) is 3.92. The number of carbonyl (C=O) groups excluding carboxylic acids is 1. The largest absolute Gasteiger partial charge is 0.497 e. The van der Waals surface area contributed by atoms with Crippen molar-refractivity contribution >= 4 is 5.91 Å². The first kappa shape index (κ1) is 16.6. The summed E-state index contributed by atoms with van der Waals surface area (Å²) in [6, 6.07) is 3.56. The van der Waals surface area contributed by atoms with Crippen LogP contribution in [0.1, 0.15) is 36.8 Å². The number of rotatable bonds is 4. The summed E-state index contributed by atoms with van der Waals surface area (Å²) in [5.41, 5.74) is -2.38. The molecule has 1 saturated carbocycles. The highest BCUT2D eigenvalue weighted by Crippen LogP contribution is 2.35. The molecule has 0 heterocycles. The van der Waals surface area contributed by atoms with E-state index in [1.807, 2.05) is 0 Å². The molecule has 7 heteroatoms. The zero-order valence-electron chi connectivity index (χ0n) is 12.2. The van der Waals surface area contributed by atoms with E-state index in [0.717, 1.165) is 18.9 Å². The van der Waals surface area contributed by atoms with Crippen LogP contribution in [0.3, 0.4) is 0 Å². The number of methoxy groups -OCH3 is 1. The Kier molecular flexibility index (Phi) is 4.65. The monoisotopic (exact) mass is 317 g/mol. The van der Waals surface area contributed by atoms with E-state index >= 15 is 0 Å². The van der Waals surface area contributed by atoms with Gasteiger partial charge in [-0.1, -0.05) is 6.07 Å². The van der Waals surface area contributed by atoms with Crippen LogP contribution in [0, 0.1) is 0 Å². The van der Waals surface area contributed by atoms with E-state index in [-0.39, 0.29) is 17.9 Å². The molecule has 0 radical (unpaired) electrons. The maximum atomic E-state index is 13.0. The highest BCUT2D eigenvalue weighted by molar-refractivity contribution is 5.85. The number of benzene rings is 1. The summed E-state index contributed by atoms with van der Waals surface area (Å²) >= 11 is 0. The third kappa shape index (κ3) is 3.52. The van der Waals surface area contributed by atoms with E-state index in [1.54, 1.807) is 0 Å². The second-order valence-electron chi connectivity index (χ2n) is 5.44. The molecule has 2 rings (SSSR count). The SMILES string of the molecule is COc1ccc(CNC(=O)C2(O)CCCC2)c(C(F)(F)F)c1. The van der Waals surface area contributed by atoms with Crippen LogP contribution >= 0.6 is 0 Å². The van der Waals surface area contributed by atoms with Gasteiger partial charge in [0.05, 0.1) is 12.7 Å². The van der Waals surface area contributed by atoms with Crippen LogP contribution in [-0.2, 0) is 17.5 Å². The molecule has 122 valence electrons. The molecule has 1 amide bonds. The maximum absolute atomic E-state index is 13.0. The number of aliphatic hydroxyl groups is 1. The molecule has 1 aromatic carbocycles. The molecule has 1 aliphatic rings. The minimum Gasteiger partial charge on any atom is -0.497 e. The molecule has 0 atom stereocenters. The lowest BCUT2D eigenvalue weighted by Gasteiger charge is -2.22. The molecular formula is C15H18F3NO3. The topological polar surface area (TPSA) is 58.6 Å². The van der Waals surface area contributed by atoms with Crippen molar-refractivity contribution in [2.45, 2.75) is 44.0 Å². The molecule has 0 saturated heterocycles. The Bertz CT molecular complexity index is 551. The molecule has 1 fully saturated rings. The Morgan fingerprint density at radius 2 is 2.00 bits per heavy atom. The molecule has 0 aromatic heterocycles. The molecule has 4 nitrogen and oxygen atoms in total. The predicted octanol–water partition coefficient (Wildman–Crippen LogP) is 2.64. The molecular weight excluding hydrogens is 299 g/mol. The smallest absolute Gasteiger partial charge is 0.416 e. The first-order valence-corrected chi connectivity index (χ1v) is 7.01. The molecule has 22 heavy (non-hydrogen) atoms. The first-order valence-electron chi connectivity index (χ1n) is 7.01. The van der Waals surface area contributed by atoms with Gasteiger partial charge in [-0.05, 0) is 43.4 Å². The normalized spacial score (nSPS) is 17.3. The van der Waals surface area contributed by atoms with Gasteiger partial charge in [-0.15, -0.1) is 0 Å². The van der Waals surface area contributed by atoms with E-state index in [0.29, 0.717) is 12.8 Å². The molecule has 1 aromatic rings. The Balaban J connectivity index is 2.14.